The van der Waals surface area contributed by atoms with E-state index >= 15 is 0 Å². The van der Waals surface area contributed by atoms with Crippen LogP contribution >= 0.6 is 46.4 Å². The Kier molecular flexibility index (Phi) is 15.3. The summed E-state index contributed by atoms with van der Waals surface area (Å²) in [4.78, 5) is 31.5. The van der Waals surface area contributed by atoms with Gasteiger partial charge in [-0.05, 0) is 6.07 Å². The van der Waals surface area contributed by atoms with Crippen molar-refractivity contribution < 1.29 is 9.59 Å². The summed E-state index contributed by atoms with van der Waals surface area (Å²) in [5.41, 5.74) is 7.66. The van der Waals surface area contributed by atoms with Gasteiger partial charge in [0.2, 0.25) is 0 Å². The van der Waals surface area contributed by atoms with E-state index in [1.54, 1.807) is 12.1 Å². The predicted molar refractivity (Wildman–Crippen MR) is 178 cm³/mol. The Morgan fingerprint density at radius 2 is 1.33 bits per heavy atom. The molecule has 2 aromatic carbocycles. The van der Waals surface area contributed by atoms with Crippen molar-refractivity contribution in [1.29, 1.82) is 0 Å². The number of amides is 2. The van der Waals surface area contributed by atoms with Gasteiger partial charge in [-0.2, -0.15) is 0 Å². The summed E-state index contributed by atoms with van der Waals surface area (Å²) in [5.74, 6) is 0.667. The molecule has 2 unspecified atom stereocenters. The van der Waals surface area contributed by atoms with Gasteiger partial charge < -0.3 is 0 Å². The van der Waals surface area contributed by atoms with E-state index in [9.17, 15) is 9.59 Å². The van der Waals surface area contributed by atoms with Crippen LogP contribution in [0.4, 0.5) is 0 Å². The molecule has 1 radical (unpaired) electrons. The van der Waals surface area contributed by atoms with Crippen molar-refractivity contribution in [3.8, 4) is 0 Å². The minimum absolute atomic E-state index is 0.00830. The van der Waals surface area contributed by atoms with E-state index in [4.69, 9.17) is 52.1 Å². The molecule has 1 heterocycles. The van der Waals surface area contributed by atoms with Crippen LogP contribution in [0.2, 0.25) is 30.5 Å². The van der Waals surface area contributed by atoms with Crippen LogP contribution in [0.25, 0.3) is 0 Å². The molecule has 1 saturated heterocycles. The summed E-state index contributed by atoms with van der Waals surface area (Å²) in [6, 6.07) is 11.1. The molecule has 0 saturated carbocycles. The average Bonchev–Trinajstić information content (AvgIpc) is 2.95. The normalized spacial score (nSPS) is 17.5. The standard InChI is InChI=1S/C32H43AsCl4N3O2/c1-22(2)17-26-21-39(31(41)12-8-23-6-10-27(34)29(36)18-23)25(5-3-4-14-33-15-16-38)20-40(26)32(42)13-9-24-7-11-28(35)30(37)19-24/h6-7,10-11,18-19,22,25-26H,3-5,8-9,12-17,20-21,38H2,1-2H3. The molecule has 2 N–H and O–H groups in total. The second-order valence-corrected chi connectivity index (χ2v) is 15.9. The number of carbonyl (C=O) groups is 2. The van der Waals surface area contributed by atoms with Crippen molar-refractivity contribution in [3.63, 3.8) is 0 Å². The molecule has 0 spiro atoms. The van der Waals surface area contributed by atoms with E-state index in [1.807, 2.05) is 24.3 Å². The van der Waals surface area contributed by atoms with E-state index in [0.717, 1.165) is 48.6 Å². The number of aryl methyl sites for hydroxylation is 2. The van der Waals surface area contributed by atoms with Gasteiger partial charge in [0.25, 0.3) is 0 Å². The number of hydrogen-bond donors (Lipinski definition) is 1. The summed E-state index contributed by atoms with van der Waals surface area (Å²) in [6.07, 6.45) is 5.93. The molecule has 2 atom stereocenters. The summed E-state index contributed by atoms with van der Waals surface area (Å²) in [6.45, 7) is 6.25. The molecular formula is C32H43AsCl4N3O2. The van der Waals surface area contributed by atoms with Gasteiger partial charge >= 0.3 is 212 Å². The third kappa shape index (κ3) is 11.2. The number of rotatable bonds is 15. The zero-order chi connectivity index (χ0) is 30.6. The minimum atomic E-state index is -0.00830. The van der Waals surface area contributed by atoms with Gasteiger partial charge in [-0.1, -0.05) is 46.4 Å². The molecule has 231 valence electrons. The van der Waals surface area contributed by atoms with E-state index in [-0.39, 0.29) is 23.9 Å². The van der Waals surface area contributed by atoms with E-state index in [2.05, 4.69) is 23.6 Å². The average molecular weight is 718 g/mol. The molecule has 1 aliphatic rings. The Bertz CT molecular complexity index is 1180. The summed E-state index contributed by atoms with van der Waals surface area (Å²) in [7, 11) is 0. The van der Waals surface area contributed by atoms with Gasteiger partial charge in [-0.3, -0.25) is 0 Å². The first-order chi connectivity index (χ1) is 20.1. The van der Waals surface area contributed by atoms with Crippen LogP contribution in [0.1, 0.15) is 63.5 Å². The number of benzene rings is 2. The molecule has 0 aliphatic carbocycles. The van der Waals surface area contributed by atoms with E-state index in [1.165, 1.54) is 5.21 Å². The zero-order valence-corrected chi connectivity index (χ0v) is 29.5. The second kappa shape index (κ2) is 18.1. The SMILES string of the molecule is CC(C)CC1CN(C(=O)CCc2ccc(Cl)c(Cl)c2)C(CCCC[As]CCN)CN1C(=O)CCc1ccc(Cl)c(Cl)c1. The van der Waals surface area contributed by atoms with Crippen LogP contribution in [0, 0.1) is 5.92 Å². The van der Waals surface area contributed by atoms with Crippen molar-refractivity contribution in [1.82, 2.24) is 9.80 Å². The Balaban J connectivity index is 1.73. The summed E-state index contributed by atoms with van der Waals surface area (Å²) >= 11 is 24.9. The number of hydrogen-bond acceptors (Lipinski definition) is 3. The van der Waals surface area contributed by atoms with Gasteiger partial charge in [-0.25, -0.2) is 0 Å². The van der Waals surface area contributed by atoms with Gasteiger partial charge in [0.15, 0.2) is 0 Å². The van der Waals surface area contributed by atoms with Crippen LogP contribution in [0.15, 0.2) is 36.4 Å². The predicted octanol–water partition coefficient (Wildman–Crippen LogP) is 7.99. The first-order valence-corrected chi connectivity index (χ1v) is 19.1. The van der Waals surface area contributed by atoms with Crippen molar-refractivity contribution in [2.45, 2.75) is 87.7 Å². The quantitative estimate of drug-likeness (QED) is 0.150. The number of halogens is 4. The zero-order valence-electron chi connectivity index (χ0n) is 24.6. The summed E-state index contributed by atoms with van der Waals surface area (Å²) < 4.78 is 0. The fraction of sp³-hybridized carbons (Fsp3) is 0.562. The van der Waals surface area contributed by atoms with Crippen LogP contribution in [0.5, 0.6) is 0 Å². The van der Waals surface area contributed by atoms with Crippen molar-refractivity contribution in [3.05, 3.63) is 67.6 Å². The second-order valence-electron chi connectivity index (χ2n) is 11.5. The van der Waals surface area contributed by atoms with Crippen LogP contribution in [-0.4, -0.2) is 69.1 Å². The molecule has 1 fully saturated rings. The van der Waals surface area contributed by atoms with Crippen molar-refractivity contribution in [2.75, 3.05) is 19.6 Å². The van der Waals surface area contributed by atoms with Crippen molar-refractivity contribution in [2.24, 2.45) is 11.7 Å². The van der Waals surface area contributed by atoms with Gasteiger partial charge in [-0.15, -0.1) is 0 Å². The first kappa shape index (κ1) is 35.5. The van der Waals surface area contributed by atoms with E-state index in [0.29, 0.717) is 80.5 Å². The molecule has 3 rings (SSSR count). The van der Waals surface area contributed by atoms with Crippen LogP contribution < -0.4 is 5.73 Å². The topological polar surface area (TPSA) is 66.6 Å². The van der Waals surface area contributed by atoms with Crippen LogP contribution in [-0.2, 0) is 22.4 Å². The van der Waals surface area contributed by atoms with E-state index < -0.39 is 0 Å². The molecule has 2 amide bonds. The fourth-order valence-corrected chi connectivity index (χ4v) is 7.97. The van der Waals surface area contributed by atoms with Crippen LogP contribution in [0.3, 0.4) is 0 Å². The maximum atomic E-state index is 13.7. The smallest absolute Gasteiger partial charge is 0.0827 e. The monoisotopic (exact) mass is 716 g/mol. The molecule has 0 aromatic heterocycles. The number of carbonyl (C=O) groups excluding carboxylic acids is 2. The van der Waals surface area contributed by atoms with Gasteiger partial charge in [0.1, 0.15) is 0 Å². The molecule has 42 heavy (non-hydrogen) atoms. The third-order valence-corrected chi connectivity index (χ3v) is 11.7. The molecule has 5 nitrogen and oxygen atoms in total. The summed E-state index contributed by atoms with van der Waals surface area (Å²) in [5, 5.41) is 4.39. The molecule has 1 aliphatic heterocycles. The first-order valence-electron chi connectivity index (χ1n) is 14.9. The molecule has 0 bridgehead atoms. The van der Waals surface area contributed by atoms with Gasteiger partial charge in [0.05, 0.1) is 15.1 Å². The number of nitrogens with zero attached hydrogens (tertiary/aromatic N) is 2. The molecule has 2 aromatic rings. The molecule has 10 heteroatoms. The Hall–Kier alpha value is -0.942. The van der Waals surface area contributed by atoms with Gasteiger partial charge in [0, 0.05) is 0 Å². The molecular weight excluding hydrogens is 675 g/mol. The Morgan fingerprint density at radius 1 is 0.810 bits per heavy atom. The van der Waals surface area contributed by atoms with Crippen molar-refractivity contribution >= 4 is 74.0 Å². The number of unbranched alkanes of at least 4 members (excludes halogenated alkanes) is 1. The Morgan fingerprint density at radius 3 is 1.83 bits per heavy atom. The number of nitrogens with two attached hydrogens (primary N) is 1. The Labute approximate surface area is 278 Å². The minimum Gasteiger partial charge on any atom is -0.0827 e. The fourth-order valence-electron chi connectivity index (χ4n) is 5.54. The third-order valence-electron chi connectivity index (χ3n) is 7.69. The number of piperazine rings is 1. The maximum absolute atomic E-state index is 13.7.